The van der Waals surface area contributed by atoms with E-state index in [1.54, 1.807) is 11.3 Å². The van der Waals surface area contributed by atoms with Crippen molar-refractivity contribution in [1.29, 1.82) is 0 Å². The summed E-state index contributed by atoms with van der Waals surface area (Å²) in [5.41, 5.74) is 0. The molecule has 1 fully saturated rings. The number of likely N-dealkylation sites (tertiary alicyclic amines) is 1. The summed E-state index contributed by atoms with van der Waals surface area (Å²) in [5, 5.41) is 4.28. The van der Waals surface area contributed by atoms with E-state index in [0.717, 1.165) is 54.2 Å². The van der Waals surface area contributed by atoms with Gasteiger partial charge in [0.15, 0.2) is 0 Å². The van der Waals surface area contributed by atoms with E-state index in [1.807, 2.05) is 11.8 Å². The molecule has 1 N–H and O–H groups in total. The van der Waals surface area contributed by atoms with Crippen molar-refractivity contribution in [3.05, 3.63) is 16.8 Å². The maximum atomic E-state index is 12.4. The molecular weight excluding hydrogens is 308 g/mol. The molecule has 0 aliphatic carbocycles. The fourth-order valence-electron chi connectivity index (χ4n) is 2.98. The Labute approximate surface area is 141 Å². The smallest absolute Gasteiger partial charge is 0.241 e. The second-order valence-corrected chi connectivity index (χ2v) is 7.17. The number of anilines is 1. The first-order valence-corrected chi connectivity index (χ1v) is 9.27. The molecule has 23 heavy (non-hydrogen) atoms. The Hall–Kier alpha value is -1.69. The Morgan fingerprint density at radius 3 is 2.70 bits per heavy atom. The molecule has 0 unspecified atom stereocenters. The number of nitrogens with one attached hydrogen (secondary N) is 1. The molecule has 0 radical (unpaired) electrons. The Kier molecular flexibility index (Phi) is 5.10. The van der Waals surface area contributed by atoms with Crippen LogP contribution in [0, 0.1) is 6.92 Å². The highest BCUT2D eigenvalue weighted by molar-refractivity contribution is 7.18. The lowest BCUT2D eigenvalue weighted by Gasteiger charge is -2.20. The van der Waals surface area contributed by atoms with Gasteiger partial charge < -0.3 is 10.2 Å². The maximum Gasteiger partial charge on any atom is 0.241 e. The van der Waals surface area contributed by atoms with Crippen LogP contribution < -0.4 is 5.32 Å². The predicted molar refractivity (Wildman–Crippen MR) is 95.1 cm³/mol. The highest BCUT2D eigenvalue weighted by Crippen LogP contribution is 2.29. The number of carbonyl (C=O) groups is 1. The summed E-state index contributed by atoms with van der Waals surface area (Å²) < 4.78 is 0. The summed E-state index contributed by atoms with van der Waals surface area (Å²) >= 11 is 1.70. The zero-order valence-corrected chi connectivity index (χ0v) is 14.7. The number of hydrogen-bond acceptors (Lipinski definition) is 5. The largest absolute Gasteiger partial charge is 0.360 e. The van der Waals surface area contributed by atoms with Crippen LogP contribution in [0.25, 0.3) is 10.2 Å². The molecule has 2 aromatic heterocycles. The minimum atomic E-state index is 0.169. The number of carbonyl (C=O) groups excluding carboxylic acids is 1. The lowest BCUT2D eigenvalue weighted by Crippen LogP contribution is -2.36. The van der Waals surface area contributed by atoms with Gasteiger partial charge in [-0.1, -0.05) is 19.8 Å². The van der Waals surface area contributed by atoms with Crippen LogP contribution in [0.1, 0.15) is 43.3 Å². The summed E-state index contributed by atoms with van der Waals surface area (Å²) in [6.45, 7) is 6.12. The fraction of sp³-hybridized carbons (Fsp3) is 0.588. The number of thiophene rings is 1. The van der Waals surface area contributed by atoms with E-state index in [9.17, 15) is 4.79 Å². The van der Waals surface area contributed by atoms with Crippen molar-refractivity contribution in [2.75, 3.05) is 25.0 Å². The Bertz CT molecular complexity index is 689. The maximum absolute atomic E-state index is 12.4. The lowest BCUT2D eigenvalue weighted by molar-refractivity contribution is -0.129. The SMILES string of the molecule is CCc1cc2c(NCC(=O)N3CCCCCC3)nc(C)nc2s1. The van der Waals surface area contributed by atoms with Crippen LogP contribution >= 0.6 is 11.3 Å². The first kappa shape index (κ1) is 16.2. The van der Waals surface area contributed by atoms with Gasteiger partial charge in [0, 0.05) is 18.0 Å². The highest BCUT2D eigenvalue weighted by Gasteiger charge is 2.16. The zero-order valence-electron chi connectivity index (χ0n) is 13.9. The molecule has 0 atom stereocenters. The number of nitrogens with zero attached hydrogens (tertiary/aromatic N) is 3. The molecule has 3 rings (SSSR count). The first-order chi connectivity index (χ1) is 11.2. The fourth-order valence-corrected chi connectivity index (χ4v) is 3.99. The molecule has 5 nitrogen and oxygen atoms in total. The molecule has 1 aliphatic rings. The Morgan fingerprint density at radius 2 is 2.00 bits per heavy atom. The minimum Gasteiger partial charge on any atom is -0.360 e. The molecule has 0 saturated carbocycles. The predicted octanol–water partition coefficient (Wildman–Crippen LogP) is 3.38. The van der Waals surface area contributed by atoms with Crippen molar-refractivity contribution in [2.45, 2.75) is 46.0 Å². The van der Waals surface area contributed by atoms with Crippen LogP contribution in [0.2, 0.25) is 0 Å². The molecule has 1 saturated heterocycles. The van der Waals surface area contributed by atoms with Crippen LogP contribution in [-0.2, 0) is 11.2 Å². The third kappa shape index (κ3) is 3.80. The van der Waals surface area contributed by atoms with E-state index in [2.05, 4.69) is 28.3 Å². The summed E-state index contributed by atoms with van der Waals surface area (Å²) in [6.07, 6.45) is 5.70. The van der Waals surface area contributed by atoms with Gasteiger partial charge in [-0.05, 0) is 32.3 Å². The Balaban J connectivity index is 1.73. The molecule has 0 spiro atoms. The molecule has 3 heterocycles. The van der Waals surface area contributed by atoms with E-state index in [4.69, 9.17) is 0 Å². The Morgan fingerprint density at radius 1 is 1.26 bits per heavy atom. The zero-order chi connectivity index (χ0) is 16.2. The van der Waals surface area contributed by atoms with Crippen molar-refractivity contribution in [3.63, 3.8) is 0 Å². The van der Waals surface area contributed by atoms with Crippen LogP contribution in [0.4, 0.5) is 5.82 Å². The van der Waals surface area contributed by atoms with Crippen molar-refractivity contribution in [2.24, 2.45) is 0 Å². The van der Waals surface area contributed by atoms with E-state index in [-0.39, 0.29) is 5.91 Å². The van der Waals surface area contributed by atoms with Gasteiger partial charge in [0.2, 0.25) is 5.91 Å². The standard InChI is InChI=1S/C17H24N4OS/c1-3-13-10-14-16(19-12(2)20-17(14)23-13)18-11-15(22)21-8-6-4-5-7-9-21/h10H,3-9,11H2,1-2H3,(H,18,19,20). The van der Waals surface area contributed by atoms with E-state index < -0.39 is 0 Å². The molecule has 0 bridgehead atoms. The van der Waals surface area contributed by atoms with Crippen LogP contribution in [0.3, 0.4) is 0 Å². The van der Waals surface area contributed by atoms with Gasteiger partial charge in [0.05, 0.1) is 11.9 Å². The van der Waals surface area contributed by atoms with Crippen molar-refractivity contribution in [3.8, 4) is 0 Å². The molecule has 124 valence electrons. The van der Waals surface area contributed by atoms with Gasteiger partial charge in [-0.3, -0.25) is 4.79 Å². The number of hydrogen-bond donors (Lipinski definition) is 1. The van der Waals surface area contributed by atoms with Crippen molar-refractivity contribution in [1.82, 2.24) is 14.9 Å². The van der Waals surface area contributed by atoms with E-state index in [0.29, 0.717) is 6.54 Å². The second-order valence-electron chi connectivity index (χ2n) is 6.05. The molecule has 6 heteroatoms. The summed E-state index contributed by atoms with van der Waals surface area (Å²) in [6, 6.07) is 2.14. The average Bonchev–Trinajstić information content (AvgIpc) is 2.77. The number of aryl methyl sites for hydroxylation is 2. The molecule has 0 aromatic carbocycles. The minimum absolute atomic E-state index is 0.169. The van der Waals surface area contributed by atoms with E-state index >= 15 is 0 Å². The van der Waals surface area contributed by atoms with Crippen molar-refractivity contribution < 1.29 is 4.79 Å². The third-order valence-corrected chi connectivity index (χ3v) is 5.44. The summed E-state index contributed by atoms with van der Waals surface area (Å²) in [4.78, 5) is 25.7. The van der Waals surface area contributed by atoms with Crippen LogP contribution in [0.5, 0.6) is 0 Å². The molecule has 2 aromatic rings. The monoisotopic (exact) mass is 332 g/mol. The molecule has 1 aliphatic heterocycles. The molecule has 1 amide bonds. The highest BCUT2D eigenvalue weighted by atomic mass is 32.1. The number of fused-ring (bicyclic) bond motifs is 1. The third-order valence-electron chi connectivity index (χ3n) is 4.27. The lowest BCUT2D eigenvalue weighted by atomic mass is 10.2. The van der Waals surface area contributed by atoms with Gasteiger partial charge in [0.25, 0.3) is 0 Å². The van der Waals surface area contributed by atoms with Gasteiger partial charge in [-0.15, -0.1) is 11.3 Å². The molecular formula is C17H24N4OS. The number of aromatic nitrogens is 2. The summed E-state index contributed by atoms with van der Waals surface area (Å²) in [5.74, 6) is 1.70. The van der Waals surface area contributed by atoms with Gasteiger partial charge in [-0.2, -0.15) is 0 Å². The topological polar surface area (TPSA) is 58.1 Å². The van der Waals surface area contributed by atoms with E-state index in [1.165, 1.54) is 17.7 Å². The van der Waals surface area contributed by atoms with Gasteiger partial charge in [-0.25, -0.2) is 9.97 Å². The van der Waals surface area contributed by atoms with Crippen LogP contribution in [-0.4, -0.2) is 40.4 Å². The van der Waals surface area contributed by atoms with Crippen LogP contribution in [0.15, 0.2) is 6.07 Å². The quantitative estimate of drug-likeness (QED) is 0.932. The van der Waals surface area contributed by atoms with Crippen molar-refractivity contribution >= 4 is 33.3 Å². The number of amides is 1. The van der Waals surface area contributed by atoms with Gasteiger partial charge >= 0.3 is 0 Å². The normalized spacial score (nSPS) is 15.7. The number of rotatable bonds is 4. The first-order valence-electron chi connectivity index (χ1n) is 8.46. The second kappa shape index (κ2) is 7.25. The summed E-state index contributed by atoms with van der Waals surface area (Å²) in [7, 11) is 0. The van der Waals surface area contributed by atoms with Gasteiger partial charge in [0.1, 0.15) is 16.5 Å². The average molecular weight is 332 g/mol.